The van der Waals surface area contributed by atoms with Crippen LogP contribution in [0.3, 0.4) is 0 Å². The first-order chi connectivity index (χ1) is 11.6. The summed E-state index contributed by atoms with van der Waals surface area (Å²) in [5.41, 5.74) is 1.03. The highest BCUT2D eigenvalue weighted by Crippen LogP contribution is 2.25. The van der Waals surface area contributed by atoms with E-state index in [9.17, 15) is 4.79 Å². The van der Waals surface area contributed by atoms with Crippen molar-refractivity contribution in [1.29, 1.82) is 0 Å². The average Bonchev–Trinajstić information content (AvgIpc) is 2.61. The topological polar surface area (TPSA) is 29.5 Å². The Hall–Kier alpha value is -2.52. The third kappa shape index (κ3) is 3.87. The first kappa shape index (κ1) is 16.3. The Bertz CT molecular complexity index is 840. The number of rotatable bonds is 5. The van der Waals surface area contributed by atoms with Gasteiger partial charge in [0, 0.05) is 24.0 Å². The molecule has 0 N–H and O–H groups in total. The Morgan fingerprint density at radius 2 is 1.71 bits per heavy atom. The van der Waals surface area contributed by atoms with Gasteiger partial charge in [0.05, 0.1) is 0 Å². The monoisotopic (exact) mass is 339 g/mol. The van der Waals surface area contributed by atoms with Crippen LogP contribution in [0.5, 0.6) is 5.75 Å². The molecule has 0 saturated carbocycles. The summed E-state index contributed by atoms with van der Waals surface area (Å²) in [7, 11) is 1.77. The number of nitrogens with zero attached hydrogens (tertiary/aromatic N) is 1. The number of amides is 1. The normalized spacial score (nSPS) is 10.6. The zero-order valence-electron chi connectivity index (χ0n) is 13.4. The summed E-state index contributed by atoms with van der Waals surface area (Å²) in [5, 5.41) is 2.79. The van der Waals surface area contributed by atoms with Crippen LogP contribution >= 0.6 is 11.6 Å². The number of hydrogen-bond acceptors (Lipinski definition) is 2. The highest BCUT2D eigenvalue weighted by molar-refractivity contribution is 6.30. The molecule has 0 aromatic heterocycles. The minimum Gasteiger partial charge on any atom is -0.483 e. The molecule has 4 heteroatoms. The average molecular weight is 340 g/mol. The number of carbonyl (C=O) groups is 1. The van der Waals surface area contributed by atoms with Crippen molar-refractivity contribution in [3.8, 4) is 5.75 Å². The standard InChI is InChI=1S/C20H18ClNO2/c1-22(13-15-9-11-17(21)12-10-15)20(23)14-24-19-8-4-6-16-5-2-3-7-18(16)19/h2-12H,13-14H2,1H3. The smallest absolute Gasteiger partial charge is 0.260 e. The number of carbonyl (C=O) groups excluding carboxylic acids is 1. The molecule has 3 aromatic carbocycles. The van der Waals surface area contributed by atoms with Crippen LogP contribution in [0.15, 0.2) is 66.7 Å². The highest BCUT2D eigenvalue weighted by Gasteiger charge is 2.11. The van der Waals surface area contributed by atoms with Crippen molar-refractivity contribution in [1.82, 2.24) is 4.90 Å². The van der Waals surface area contributed by atoms with Crippen LogP contribution in [0.25, 0.3) is 10.8 Å². The van der Waals surface area contributed by atoms with Gasteiger partial charge in [0.15, 0.2) is 6.61 Å². The summed E-state index contributed by atoms with van der Waals surface area (Å²) < 4.78 is 5.75. The molecule has 0 saturated heterocycles. The molecule has 0 radical (unpaired) electrons. The molecule has 24 heavy (non-hydrogen) atoms. The summed E-state index contributed by atoms with van der Waals surface area (Å²) in [4.78, 5) is 13.9. The van der Waals surface area contributed by atoms with Crippen molar-refractivity contribution in [2.45, 2.75) is 6.54 Å². The summed E-state index contributed by atoms with van der Waals surface area (Å²) in [6, 6.07) is 21.3. The lowest BCUT2D eigenvalue weighted by Gasteiger charge is -2.18. The third-order valence-corrected chi connectivity index (χ3v) is 4.11. The lowest BCUT2D eigenvalue weighted by molar-refractivity contribution is -0.132. The van der Waals surface area contributed by atoms with Crippen LogP contribution in [-0.2, 0) is 11.3 Å². The van der Waals surface area contributed by atoms with Gasteiger partial charge in [0.1, 0.15) is 5.75 Å². The second-order valence-corrected chi connectivity index (χ2v) is 6.08. The molecule has 3 aromatic rings. The van der Waals surface area contributed by atoms with Crippen LogP contribution in [0.2, 0.25) is 5.02 Å². The second kappa shape index (κ2) is 7.37. The van der Waals surface area contributed by atoms with Crippen molar-refractivity contribution in [3.05, 3.63) is 77.3 Å². The molecular weight excluding hydrogens is 322 g/mol. The van der Waals surface area contributed by atoms with Gasteiger partial charge in [-0.15, -0.1) is 0 Å². The zero-order valence-corrected chi connectivity index (χ0v) is 14.2. The van der Waals surface area contributed by atoms with Crippen LogP contribution in [-0.4, -0.2) is 24.5 Å². The fourth-order valence-corrected chi connectivity index (χ4v) is 2.65. The predicted octanol–water partition coefficient (Wildman–Crippen LogP) is 4.53. The van der Waals surface area contributed by atoms with E-state index in [1.54, 1.807) is 11.9 Å². The minimum atomic E-state index is -0.0714. The minimum absolute atomic E-state index is 0.0120. The molecule has 0 heterocycles. The van der Waals surface area contributed by atoms with Crippen molar-refractivity contribution in [2.75, 3.05) is 13.7 Å². The maximum Gasteiger partial charge on any atom is 0.260 e. The lowest BCUT2D eigenvalue weighted by atomic mass is 10.1. The number of hydrogen-bond donors (Lipinski definition) is 0. The second-order valence-electron chi connectivity index (χ2n) is 5.64. The Morgan fingerprint density at radius 3 is 2.50 bits per heavy atom. The number of halogens is 1. The Balaban J connectivity index is 1.63. The van der Waals surface area contributed by atoms with Gasteiger partial charge in [0.2, 0.25) is 0 Å². The molecule has 0 bridgehead atoms. The fourth-order valence-electron chi connectivity index (χ4n) is 2.52. The summed E-state index contributed by atoms with van der Waals surface area (Å²) >= 11 is 5.88. The molecule has 0 fully saturated rings. The molecule has 0 aliphatic carbocycles. The van der Waals surface area contributed by atoms with Gasteiger partial charge in [0.25, 0.3) is 5.91 Å². The third-order valence-electron chi connectivity index (χ3n) is 3.86. The zero-order chi connectivity index (χ0) is 16.9. The van der Waals surface area contributed by atoms with Gasteiger partial charge in [-0.25, -0.2) is 0 Å². The molecule has 0 aliphatic rings. The van der Waals surface area contributed by atoms with E-state index in [4.69, 9.17) is 16.3 Å². The molecule has 0 spiro atoms. The van der Waals surface area contributed by atoms with E-state index < -0.39 is 0 Å². The maximum absolute atomic E-state index is 12.3. The van der Waals surface area contributed by atoms with Crippen molar-refractivity contribution in [2.24, 2.45) is 0 Å². The fraction of sp³-hybridized carbons (Fsp3) is 0.150. The van der Waals surface area contributed by atoms with Crippen molar-refractivity contribution in [3.63, 3.8) is 0 Å². The first-order valence-electron chi connectivity index (χ1n) is 7.72. The van der Waals surface area contributed by atoms with Crippen LogP contribution in [0, 0.1) is 0 Å². The van der Waals surface area contributed by atoms with Crippen molar-refractivity contribution < 1.29 is 9.53 Å². The molecule has 3 nitrogen and oxygen atoms in total. The van der Waals surface area contributed by atoms with Crippen LogP contribution in [0.1, 0.15) is 5.56 Å². The highest BCUT2D eigenvalue weighted by atomic mass is 35.5. The van der Waals surface area contributed by atoms with E-state index in [-0.39, 0.29) is 12.5 Å². The summed E-state index contributed by atoms with van der Waals surface area (Å²) in [5.74, 6) is 0.652. The summed E-state index contributed by atoms with van der Waals surface area (Å²) in [6.07, 6.45) is 0. The van der Waals surface area contributed by atoms with Gasteiger partial charge < -0.3 is 9.64 Å². The number of ether oxygens (including phenoxy) is 1. The molecule has 3 rings (SSSR count). The van der Waals surface area contributed by atoms with Crippen LogP contribution in [0.4, 0.5) is 0 Å². The van der Waals surface area contributed by atoms with E-state index in [1.807, 2.05) is 66.7 Å². The molecule has 0 unspecified atom stereocenters. The van der Waals surface area contributed by atoms with Gasteiger partial charge in [-0.1, -0.05) is 60.1 Å². The van der Waals surface area contributed by atoms with Gasteiger partial charge >= 0.3 is 0 Å². The van der Waals surface area contributed by atoms with Crippen molar-refractivity contribution >= 4 is 28.3 Å². The molecule has 0 atom stereocenters. The molecular formula is C20H18ClNO2. The Morgan fingerprint density at radius 1 is 1.00 bits per heavy atom. The first-order valence-corrected chi connectivity index (χ1v) is 8.10. The Labute approximate surface area is 146 Å². The number of benzene rings is 3. The van der Waals surface area contributed by atoms with E-state index in [0.717, 1.165) is 22.1 Å². The molecule has 1 amide bonds. The number of likely N-dealkylation sites (N-methyl/N-ethyl adjacent to an activating group) is 1. The van der Waals surface area contributed by atoms with Gasteiger partial charge in [-0.2, -0.15) is 0 Å². The SMILES string of the molecule is CN(Cc1ccc(Cl)cc1)C(=O)COc1cccc2ccccc12. The van der Waals surface area contributed by atoms with Crippen LogP contribution < -0.4 is 4.74 Å². The van der Waals surface area contributed by atoms with E-state index in [1.165, 1.54) is 0 Å². The maximum atomic E-state index is 12.3. The van der Waals surface area contributed by atoms with E-state index in [0.29, 0.717) is 11.6 Å². The molecule has 0 aliphatic heterocycles. The lowest BCUT2D eigenvalue weighted by Crippen LogP contribution is -2.30. The molecule has 122 valence electrons. The van der Waals surface area contributed by atoms with Gasteiger partial charge in [-0.3, -0.25) is 4.79 Å². The Kier molecular flexibility index (Phi) is 5.02. The van der Waals surface area contributed by atoms with Gasteiger partial charge in [-0.05, 0) is 29.1 Å². The largest absolute Gasteiger partial charge is 0.483 e. The predicted molar refractivity (Wildman–Crippen MR) is 97.4 cm³/mol. The van der Waals surface area contributed by atoms with E-state index >= 15 is 0 Å². The summed E-state index contributed by atoms with van der Waals surface area (Å²) in [6.45, 7) is 0.535. The van der Waals surface area contributed by atoms with E-state index in [2.05, 4.69) is 0 Å². The quantitative estimate of drug-likeness (QED) is 0.683. The number of fused-ring (bicyclic) bond motifs is 1.